The molecule has 0 aliphatic heterocycles. The summed E-state index contributed by atoms with van der Waals surface area (Å²) in [6.45, 7) is 3.01. The summed E-state index contributed by atoms with van der Waals surface area (Å²) in [4.78, 5) is 10.5. The van der Waals surface area contributed by atoms with E-state index in [2.05, 4.69) is 10.4 Å². The largest absolute Gasteiger partial charge is 0.493 e. The third-order valence-corrected chi connectivity index (χ3v) is 2.82. The Morgan fingerprint density at radius 1 is 1.43 bits per heavy atom. The Bertz CT molecular complexity index is 624. The van der Waals surface area contributed by atoms with E-state index in [1.165, 1.54) is 12.1 Å². The number of nitro benzene ring substituents is 1. The van der Waals surface area contributed by atoms with E-state index in [4.69, 9.17) is 4.74 Å². The Morgan fingerprint density at radius 3 is 2.86 bits per heavy atom. The lowest BCUT2D eigenvalue weighted by molar-refractivity contribution is -0.384. The minimum absolute atomic E-state index is 0.00660. The van der Waals surface area contributed by atoms with Gasteiger partial charge in [-0.2, -0.15) is 5.10 Å². The van der Waals surface area contributed by atoms with E-state index in [0.717, 1.165) is 12.1 Å². The summed E-state index contributed by atoms with van der Waals surface area (Å²) in [5.74, 6) is 0.495. The molecular formula is C14H18N4O3. The Labute approximate surface area is 122 Å². The lowest BCUT2D eigenvalue weighted by atomic mass is 10.2. The zero-order chi connectivity index (χ0) is 15.2. The summed E-state index contributed by atoms with van der Waals surface area (Å²) in [5, 5.41) is 18.3. The number of anilines is 1. The van der Waals surface area contributed by atoms with Crippen molar-refractivity contribution < 1.29 is 9.66 Å². The predicted octanol–water partition coefficient (Wildman–Crippen LogP) is 2.73. The maximum Gasteiger partial charge on any atom is 0.275 e. The van der Waals surface area contributed by atoms with Crippen molar-refractivity contribution in [3.05, 3.63) is 46.3 Å². The minimum Gasteiger partial charge on any atom is -0.493 e. The number of nitro groups is 1. The van der Waals surface area contributed by atoms with E-state index in [0.29, 0.717) is 24.6 Å². The van der Waals surface area contributed by atoms with Gasteiger partial charge >= 0.3 is 0 Å². The molecule has 0 aliphatic carbocycles. The molecule has 0 saturated carbocycles. The van der Waals surface area contributed by atoms with Crippen LogP contribution in [-0.2, 0) is 13.6 Å². The Hall–Kier alpha value is -2.57. The zero-order valence-corrected chi connectivity index (χ0v) is 12.1. The number of rotatable bonds is 7. The van der Waals surface area contributed by atoms with Gasteiger partial charge in [0.05, 0.1) is 29.8 Å². The summed E-state index contributed by atoms with van der Waals surface area (Å²) < 4.78 is 7.19. The minimum atomic E-state index is -0.426. The van der Waals surface area contributed by atoms with Crippen LogP contribution in [-0.4, -0.2) is 21.3 Å². The molecule has 2 aromatic rings. The summed E-state index contributed by atoms with van der Waals surface area (Å²) in [5.41, 5.74) is 1.51. The van der Waals surface area contributed by atoms with Crippen LogP contribution in [0.25, 0.3) is 0 Å². The second-order valence-corrected chi connectivity index (χ2v) is 4.66. The summed E-state index contributed by atoms with van der Waals surface area (Å²) in [6.07, 6.45) is 2.69. The van der Waals surface area contributed by atoms with Gasteiger partial charge in [-0.15, -0.1) is 0 Å². The van der Waals surface area contributed by atoms with E-state index >= 15 is 0 Å². The summed E-state index contributed by atoms with van der Waals surface area (Å²) in [7, 11) is 1.84. The Morgan fingerprint density at radius 2 is 2.24 bits per heavy atom. The molecular weight excluding hydrogens is 272 g/mol. The topological polar surface area (TPSA) is 82.2 Å². The van der Waals surface area contributed by atoms with Gasteiger partial charge in [-0.25, -0.2) is 0 Å². The first-order chi connectivity index (χ1) is 10.1. The number of aryl methyl sites for hydroxylation is 1. The van der Waals surface area contributed by atoms with Crippen LogP contribution in [0.1, 0.15) is 19.0 Å². The molecule has 0 saturated heterocycles. The average molecular weight is 290 g/mol. The van der Waals surface area contributed by atoms with Gasteiger partial charge in [0.1, 0.15) is 5.75 Å². The van der Waals surface area contributed by atoms with Crippen LogP contribution in [0.4, 0.5) is 11.4 Å². The molecule has 0 fully saturated rings. The van der Waals surface area contributed by atoms with Crippen LogP contribution in [0.3, 0.4) is 0 Å². The second kappa shape index (κ2) is 6.74. The fraction of sp³-hybridized carbons (Fsp3) is 0.357. The molecule has 2 rings (SSSR count). The number of nitrogens with zero attached hydrogens (tertiary/aromatic N) is 3. The van der Waals surface area contributed by atoms with E-state index < -0.39 is 4.92 Å². The number of nitrogens with one attached hydrogen (secondary N) is 1. The van der Waals surface area contributed by atoms with E-state index in [-0.39, 0.29) is 5.69 Å². The quantitative estimate of drug-likeness (QED) is 0.626. The van der Waals surface area contributed by atoms with Crippen molar-refractivity contribution in [2.75, 3.05) is 11.9 Å². The SMILES string of the molecule is CCCOc1cc(NCc2ccn(C)n2)cc([N+](=O)[O-])c1. The third-order valence-electron chi connectivity index (χ3n) is 2.82. The maximum atomic E-state index is 11.0. The lowest BCUT2D eigenvalue weighted by Crippen LogP contribution is -2.03. The molecule has 0 radical (unpaired) electrons. The van der Waals surface area contributed by atoms with Crippen molar-refractivity contribution in [3.8, 4) is 5.75 Å². The molecule has 7 nitrogen and oxygen atoms in total. The highest BCUT2D eigenvalue weighted by Crippen LogP contribution is 2.26. The number of hydrogen-bond acceptors (Lipinski definition) is 5. The average Bonchev–Trinajstić information content (AvgIpc) is 2.88. The highest BCUT2D eigenvalue weighted by Gasteiger charge is 2.11. The summed E-state index contributed by atoms with van der Waals surface area (Å²) >= 11 is 0. The molecule has 0 atom stereocenters. The molecule has 0 bridgehead atoms. The third kappa shape index (κ3) is 4.20. The van der Waals surface area contributed by atoms with Crippen LogP contribution in [0.5, 0.6) is 5.75 Å². The van der Waals surface area contributed by atoms with E-state index in [1.807, 2.05) is 26.2 Å². The molecule has 112 valence electrons. The molecule has 1 aromatic carbocycles. The van der Waals surface area contributed by atoms with Gasteiger partial charge in [0.25, 0.3) is 5.69 Å². The molecule has 1 heterocycles. The van der Waals surface area contributed by atoms with Gasteiger partial charge in [0.2, 0.25) is 0 Å². The number of hydrogen-bond donors (Lipinski definition) is 1. The molecule has 0 spiro atoms. The van der Waals surface area contributed by atoms with Gasteiger partial charge in [-0.05, 0) is 12.5 Å². The fourth-order valence-corrected chi connectivity index (χ4v) is 1.84. The number of non-ortho nitro benzene ring substituents is 1. The van der Waals surface area contributed by atoms with Crippen molar-refractivity contribution in [2.45, 2.75) is 19.9 Å². The number of ether oxygens (including phenoxy) is 1. The van der Waals surface area contributed by atoms with Crippen LogP contribution in [0, 0.1) is 10.1 Å². The zero-order valence-electron chi connectivity index (χ0n) is 12.1. The van der Waals surface area contributed by atoms with Crippen LogP contribution < -0.4 is 10.1 Å². The molecule has 7 heteroatoms. The summed E-state index contributed by atoms with van der Waals surface area (Å²) in [6, 6.07) is 6.56. The van der Waals surface area contributed by atoms with E-state index in [1.54, 1.807) is 10.7 Å². The Balaban J connectivity index is 2.12. The molecule has 21 heavy (non-hydrogen) atoms. The van der Waals surface area contributed by atoms with Crippen LogP contribution in [0.2, 0.25) is 0 Å². The first-order valence-corrected chi connectivity index (χ1v) is 6.73. The van der Waals surface area contributed by atoms with Gasteiger partial charge < -0.3 is 10.1 Å². The maximum absolute atomic E-state index is 11.0. The number of benzene rings is 1. The smallest absolute Gasteiger partial charge is 0.275 e. The first kappa shape index (κ1) is 14.8. The lowest BCUT2D eigenvalue weighted by Gasteiger charge is -2.09. The molecule has 0 unspecified atom stereocenters. The van der Waals surface area contributed by atoms with Crippen molar-refractivity contribution >= 4 is 11.4 Å². The van der Waals surface area contributed by atoms with Crippen LogP contribution in [0.15, 0.2) is 30.5 Å². The van der Waals surface area contributed by atoms with Gasteiger partial charge in [-0.1, -0.05) is 6.92 Å². The van der Waals surface area contributed by atoms with Crippen molar-refractivity contribution in [3.63, 3.8) is 0 Å². The van der Waals surface area contributed by atoms with Crippen molar-refractivity contribution in [2.24, 2.45) is 7.05 Å². The normalized spacial score (nSPS) is 10.4. The number of aromatic nitrogens is 2. The van der Waals surface area contributed by atoms with E-state index in [9.17, 15) is 10.1 Å². The second-order valence-electron chi connectivity index (χ2n) is 4.66. The monoisotopic (exact) mass is 290 g/mol. The van der Waals surface area contributed by atoms with Gasteiger partial charge in [-0.3, -0.25) is 14.8 Å². The van der Waals surface area contributed by atoms with Crippen LogP contribution >= 0.6 is 0 Å². The van der Waals surface area contributed by atoms with Gasteiger partial charge in [0.15, 0.2) is 0 Å². The molecule has 1 aromatic heterocycles. The highest BCUT2D eigenvalue weighted by molar-refractivity contribution is 5.56. The molecule has 0 aliphatic rings. The predicted molar refractivity (Wildman–Crippen MR) is 79.4 cm³/mol. The highest BCUT2D eigenvalue weighted by atomic mass is 16.6. The van der Waals surface area contributed by atoms with Crippen molar-refractivity contribution in [1.82, 2.24) is 9.78 Å². The Kier molecular flexibility index (Phi) is 4.76. The fourth-order valence-electron chi connectivity index (χ4n) is 1.84. The molecule has 0 amide bonds. The molecule has 1 N–H and O–H groups in total. The first-order valence-electron chi connectivity index (χ1n) is 6.73. The van der Waals surface area contributed by atoms with Crippen molar-refractivity contribution in [1.29, 1.82) is 0 Å². The standard InChI is InChI=1S/C14H18N4O3/c1-3-6-21-14-8-12(7-13(9-14)18(19)20)15-10-11-4-5-17(2)16-11/h4-5,7-9,15H,3,6,10H2,1-2H3. The van der Waals surface area contributed by atoms with Gasteiger partial charge in [0, 0.05) is 31.1 Å².